The van der Waals surface area contributed by atoms with E-state index in [1.807, 2.05) is 24.3 Å². The van der Waals surface area contributed by atoms with Crippen molar-refractivity contribution in [1.29, 1.82) is 0 Å². The lowest BCUT2D eigenvalue weighted by Gasteiger charge is -2.30. The Labute approximate surface area is 200 Å². The molecule has 3 aromatic rings. The molecular weight excluding hydrogens is 442 g/mol. The summed E-state index contributed by atoms with van der Waals surface area (Å²) in [5, 5.41) is 2.83. The van der Waals surface area contributed by atoms with Crippen LogP contribution in [0.4, 0.5) is 0 Å². The molecule has 1 atom stereocenters. The molecule has 2 aromatic carbocycles. The maximum atomic E-state index is 6.48. The Morgan fingerprint density at radius 3 is 2.38 bits per heavy atom. The summed E-state index contributed by atoms with van der Waals surface area (Å²) < 4.78 is 17.2. The summed E-state index contributed by atoms with van der Waals surface area (Å²) >= 11 is 7.81. The molecule has 0 spiro atoms. The highest BCUT2D eigenvalue weighted by Gasteiger charge is 2.30. The number of hydrogen-bond donors (Lipinski definition) is 0. The van der Waals surface area contributed by atoms with Crippen molar-refractivity contribution >= 4 is 22.9 Å². The van der Waals surface area contributed by atoms with Crippen molar-refractivity contribution in [2.24, 2.45) is 0 Å². The van der Waals surface area contributed by atoms with Crippen LogP contribution in [0.3, 0.4) is 0 Å². The average Bonchev–Trinajstić information content (AvgIpc) is 3.36. The van der Waals surface area contributed by atoms with Crippen LogP contribution in [-0.4, -0.2) is 45.9 Å². The van der Waals surface area contributed by atoms with Gasteiger partial charge in [-0.25, -0.2) is 0 Å². The second-order valence-electron chi connectivity index (χ2n) is 7.96. The molecule has 0 aliphatic rings. The third kappa shape index (κ3) is 6.26. The highest BCUT2D eigenvalue weighted by atomic mass is 35.5. The van der Waals surface area contributed by atoms with Crippen LogP contribution in [0.25, 0.3) is 0 Å². The minimum atomic E-state index is -0.475. The van der Waals surface area contributed by atoms with Crippen molar-refractivity contribution in [2.75, 3.05) is 41.0 Å². The number of halogens is 1. The summed E-state index contributed by atoms with van der Waals surface area (Å²) in [6.07, 6.45) is 1.91. The summed E-state index contributed by atoms with van der Waals surface area (Å²) in [5.41, 5.74) is 1.88. The first-order valence-electron chi connectivity index (χ1n) is 10.8. The molecule has 1 unspecified atom stereocenters. The van der Waals surface area contributed by atoms with Gasteiger partial charge in [0.05, 0.1) is 14.2 Å². The van der Waals surface area contributed by atoms with E-state index >= 15 is 0 Å². The van der Waals surface area contributed by atoms with Gasteiger partial charge >= 0.3 is 0 Å². The molecule has 0 radical (unpaired) electrons. The fourth-order valence-electron chi connectivity index (χ4n) is 3.69. The Morgan fingerprint density at radius 2 is 1.72 bits per heavy atom. The zero-order valence-electron chi connectivity index (χ0n) is 19.3. The summed E-state index contributed by atoms with van der Waals surface area (Å²) in [6, 6.07) is 18.3. The molecule has 1 heterocycles. The van der Waals surface area contributed by atoms with Gasteiger partial charge in [0.1, 0.15) is 5.60 Å². The Balaban J connectivity index is 1.51. The fourth-order valence-corrected chi connectivity index (χ4v) is 4.68. The van der Waals surface area contributed by atoms with Gasteiger partial charge in [0.15, 0.2) is 11.5 Å². The number of ether oxygens (including phenoxy) is 3. The maximum absolute atomic E-state index is 6.48. The molecule has 0 N–H and O–H groups in total. The number of benzene rings is 2. The van der Waals surface area contributed by atoms with E-state index in [0.717, 1.165) is 48.0 Å². The van der Waals surface area contributed by atoms with Crippen LogP contribution in [0, 0.1) is 0 Å². The lowest BCUT2D eigenvalue weighted by Crippen LogP contribution is -2.29. The van der Waals surface area contributed by atoms with E-state index in [2.05, 4.69) is 54.6 Å². The van der Waals surface area contributed by atoms with Gasteiger partial charge in [-0.2, -0.15) is 0 Å². The fraction of sp³-hybridized carbons (Fsp3) is 0.385. The first kappa shape index (κ1) is 24.6. The highest BCUT2D eigenvalue weighted by Crippen LogP contribution is 2.36. The number of nitrogens with zero attached hydrogens (tertiary/aromatic N) is 1. The zero-order chi connectivity index (χ0) is 23.0. The van der Waals surface area contributed by atoms with Crippen LogP contribution >= 0.6 is 22.9 Å². The van der Waals surface area contributed by atoms with Gasteiger partial charge in [-0.15, -0.1) is 11.3 Å². The Morgan fingerprint density at radius 1 is 0.969 bits per heavy atom. The molecule has 0 fully saturated rings. The first-order valence-corrected chi connectivity index (χ1v) is 12.1. The molecule has 172 valence electrons. The molecule has 0 aliphatic carbocycles. The van der Waals surface area contributed by atoms with Gasteiger partial charge in [-0.1, -0.05) is 35.9 Å². The molecule has 32 heavy (non-hydrogen) atoms. The predicted octanol–water partition coefficient (Wildman–Crippen LogP) is 6.26. The number of thiophene rings is 1. The number of likely N-dealkylation sites (N-methyl/N-ethyl adjacent to an activating group) is 1. The summed E-state index contributed by atoms with van der Waals surface area (Å²) in [6.45, 7) is 4.75. The molecule has 0 saturated carbocycles. The van der Waals surface area contributed by atoms with Gasteiger partial charge in [0.25, 0.3) is 0 Å². The maximum Gasteiger partial charge on any atom is 0.160 e. The van der Waals surface area contributed by atoms with Gasteiger partial charge < -0.3 is 19.1 Å². The molecule has 0 saturated heterocycles. The summed E-state index contributed by atoms with van der Waals surface area (Å²) in [4.78, 5) is 3.53. The van der Waals surface area contributed by atoms with Crippen molar-refractivity contribution in [3.05, 3.63) is 81.0 Å². The normalized spacial score (nSPS) is 13.2. The number of methoxy groups -OCH3 is 2. The average molecular weight is 474 g/mol. The van der Waals surface area contributed by atoms with E-state index in [4.69, 9.17) is 25.8 Å². The van der Waals surface area contributed by atoms with Crippen molar-refractivity contribution in [2.45, 2.75) is 25.4 Å². The lowest BCUT2D eigenvalue weighted by molar-refractivity contribution is -0.00504. The van der Waals surface area contributed by atoms with Crippen LogP contribution in [-0.2, 0) is 16.8 Å². The van der Waals surface area contributed by atoms with E-state index < -0.39 is 5.60 Å². The first-order chi connectivity index (χ1) is 15.5. The highest BCUT2D eigenvalue weighted by molar-refractivity contribution is 7.10. The topological polar surface area (TPSA) is 30.9 Å². The molecule has 6 heteroatoms. The van der Waals surface area contributed by atoms with Gasteiger partial charge in [0.2, 0.25) is 0 Å². The van der Waals surface area contributed by atoms with Crippen molar-refractivity contribution in [3.63, 3.8) is 0 Å². The molecule has 3 rings (SSSR count). The smallest absolute Gasteiger partial charge is 0.160 e. The van der Waals surface area contributed by atoms with Gasteiger partial charge in [-0.05, 0) is 73.7 Å². The predicted molar refractivity (Wildman–Crippen MR) is 134 cm³/mol. The van der Waals surface area contributed by atoms with E-state index in [1.165, 1.54) is 10.4 Å². The second-order valence-corrected chi connectivity index (χ2v) is 9.35. The van der Waals surface area contributed by atoms with Crippen LogP contribution in [0.5, 0.6) is 11.5 Å². The Bertz CT molecular complexity index is 962. The summed E-state index contributed by atoms with van der Waals surface area (Å²) in [5.74, 6) is 1.53. The molecule has 1 aromatic heterocycles. The van der Waals surface area contributed by atoms with E-state index in [1.54, 1.807) is 25.6 Å². The number of hydrogen-bond acceptors (Lipinski definition) is 5. The molecule has 0 amide bonds. The van der Waals surface area contributed by atoms with Gasteiger partial charge in [-0.3, -0.25) is 0 Å². The van der Waals surface area contributed by atoms with Crippen LogP contribution in [0.2, 0.25) is 5.02 Å². The standard InChI is InChI=1S/C26H32ClNO3S/c1-26(25-7-5-18-32-25,21-9-11-22(27)12-10-21)31-17-6-15-28(2)16-14-20-8-13-23(29-3)24(19-20)30-4/h5,7-13,18-19H,6,14-17H2,1-4H3. The second kappa shape index (κ2) is 11.7. The van der Waals surface area contributed by atoms with Crippen molar-refractivity contribution in [1.82, 2.24) is 4.90 Å². The van der Waals surface area contributed by atoms with Crippen molar-refractivity contribution < 1.29 is 14.2 Å². The van der Waals surface area contributed by atoms with Gasteiger partial charge in [0, 0.05) is 29.6 Å². The van der Waals surface area contributed by atoms with E-state index in [-0.39, 0.29) is 0 Å². The minimum Gasteiger partial charge on any atom is -0.493 e. The minimum absolute atomic E-state index is 0.475. The van der Waals surface area contributed by atoms with Crippen molar-refractivity contribution in [3.8, 4) is 11.5 Å². The number of rotatable bonds is 12. The van der Waals surface area contributed by atoms with Crippen LogP contribution < -0.4 is 9.47 Å². The quantitative estimate of drug-likeness (QED) is 0.290. The third-order valence-corrected chi connectivity index (χ3v) is 7.02. The molecule has 0 aliphatic heterocycles. The largest absolute Gasteiger partial charge is 0.493 e. The molecular formula is C26H32ClNO3S. The van der Waals surface area contributed by atoms with Crippen LogP contribution in [0.1, 0.15) is 29.3 Å². The Kier molecular flexibility index (Phi) is 9.00. The third-order valence-electron chi connectivity index (χ3n) is 5.69. The molecule has 4 nitrogen and oxygen atoms in total. The monoisotopic (exact) mass is 473 g/mol. The SMILES string of the molecule is COc1ccc(CCN(C)CCCOC(C)(c2ccc(Cl)cc2)c2cccs2)cc1OC. The Hall–Kier alpha value is -2.05. The van der Waals surface area contributed by atoms with Crippen LogP contribution in [0.15, 0.2) is 60.0 Å². The zero-order valence-corrected chi connectivity index (χ0v) is 20.8. The summed E-state index contributed by atoms with van der Waals surface area (Å²) in [7, 11) is 5.48. The van der Waals surface area contributed by atoms with E-state index in [9.17, 15) is 0 Å². The molecule has 0 bridgehead atoms. The lowest BCUT2D eigenvalue weighted by atomic mass is 9.94. The van der Waals surface area contributed by atoms with E-state index in [0.29, 0.717) is 6.61 Å².